The predicted molar refractivity (Wildman–Crippen MR) is 58.4 cm³/mol. The van der Waals surface area contributed by atoms with Crippen LogP contribution < -0.4 is 5.56 Å². The Morgan fingerprint density at radius 3 is 2.88 bits per heavy atom. The maximum atomic E-state index is 13.0. The Balaban J connectivity index is 2.77. The molecule has 0 saturated heterocycles. The largest absolute Gasteiger partial charge is 0.481 e. The second kappa shape index (κ2) is 3.97. The van der Waals surface area contributed by atoms with Gasteiger partial charge in [-0.1, -0.05) is 0 Å². The maximum Gasteiger partial charge on any atom is 0.308 e. The normalized spacial score (nSPS) is 10.7. The molecule has 5 nitrogen and oxygen atoms in total. The van der Waals surface area contributed by atoms with Gasteiger partial charge in [-0.2, -0.15) is 4.39 Å². The predicted octanol–water partition coefficient (Wildman–Crippen LogP) is 0.998. The molecule has 6 heteroatoms. The van der Waals surface area contributed by atoms with Gasteiger partial charge in [0.1, 0.15) is 0 Å². The smallest absolute Gasteiger partial charge is 0.308 e. The second-order valence-corrected chi connectivity index (χ2v) is 3.66. The number of aryl methyl sites for hydroxylation is 1. The summed E-state index contributed by atoms with van der Waals surface area (Å²) in [4.78, 5) is 28.4. The average molecular weight is 236 g/mol. The van der Waals surface area contributed by atoms with Crippen LogP contribution in [-0.4, -0.2) is 21.0 Å². The number of aliphatic carboxylic acids is 1. The van der Waals surface area contributed by atoms with Gasteiger partial charge in [-0.05, 0) is 24.6 Å². The molecule has 0 aliphatic heterocycles. The fourth-order valence-corrected chi connectivity index (χ4v) is 1.70. The molecule has 0 unspecified atom stereocenters. The number of hydrogen-bond donors (Lipinski definition) is 2. The van der Waals surface area contributed by atoms with Crippen LogP contribution >= 0.6 is 0 Å². The van der Waals surface area contributed by atoms with Gasteiger partial charge in [0.05, 0.1) is 17.5 Å². The van der Waals surface area contributed by atoms with E-state index in [1.807, 2.05) is 0 Å². The molecule has 2 heterocycles. The Bertz CT molecular complexity index is 664. The third-order valence-electron chi connectivity index (χ3n) is 2.52. The van der Waals surface area contributed by atoms with Crippen molar-refractivity contribution in [1.29, 1.82) is 0 Å². The van der Waals surface area contributed by atoms with Crippen molar-refractivity contribution in [2.45, 2.75) is 13.3 Å². The van der Waals surface area contributed by atoms with Crippen molar-refractivity contribution in [3.63, 3.8) is 0 Å². The first-order valence-corrected chi connectivity index (χ1v) is 4.89. The van der Waals surface area contributed by atoms with Crippen molar-refractivity contribution < 1.29 is 14.3 Å². The van der Waals surface area contributed by atoms with Crippen molar-refractivity contribution in [1.82, 2.24) is 9.97 Å². The maximum absolute atomic E-state index is 13.0. The van der Waals surface area contributed by atoms with E-state index in [1.54, 1.807) is 6.92 Å². The van der Waals surface area contributed by atoms with Crippen LogP contribution in [0.4, 0.5) is 4.39 Å². The van der Waals surface area contributed by atoms with E-state index >= 15 is 0 Å². The Morgan fingerprint density at radius 1 is 1.53 bits per heavy atom. The first kappa shape index (κ1) is 11.3. The quantitative estimate of drug-likeness (QED) is 0.762. The van der Waals surface area contributed by atoms with Gasteiger partial charge in [-0.3, -0.25) is 9.59 Å². The molecule has 0 fully saturated rings. The van der Waals surface area contributed by atoms with Crippen LogP contribution in [0.15, 0.2) is 16.9 Å². The number of nitrogens with zero attached hydrogens (tertiary/aromatic N) is 1. The van der Waals surface area contributed by atoms with E-state index in [0.717, 1.165) is 6.07 Å². The molecule has 2 aromatic rings. The minimum atomic E-state index is -1.12. The lowest BCUT2D eigenvalue weighted by atomic mass is 10.1. The summed E-state index contributed by atoms with van der Waals surface area (Å²) in [5, 5.41) is 8.70. The molecule has 2 aromatic heterocycles. The molecular weight excluding hydrogens is 227 g/mol. The van der Waals surface area contributed by atoms with E-state index in [4.69, 9.17) is 5.11 Å². The number of carbonyl (C=O) groups is 1. The minimum Gasteiger partial charge on any atom is -0.481 e. The summed E-state index contributed by atoms with van der Waals surface area (Å²) in [5.74, 6) is -1.79. The molecular formula is C11H9FN2O3. The second-order valence-electron chi connectivity index (χ2n) is 3.66. The zero-order chi connectivity index (χ0) is 12.6. The van der Waals surface area contributed by atoms with Crippen LogP contribution in [0.3, 0.4) is 0 Å². The number of carboxylic acids is 1. The lowest BCUT2D eigenvalue weighted by molar-refractivity contribution is -0.136. The van der Waals surface area contributed by atoms with Gasteiger partial charge in [-0.25, -0.2) is 4.98 Å². The third-order valence-corrected chi connectivity index (χ3v) is 2.52. The van der Waals surface area contributed by atoms with Crippen LogP contribution in [0, 0.1) is 12.9 Å². The highest BCUT2D eigenvalue weighted by Gasteiger charge is 2.13. The topological polar surface area (TPSA) is 83.0 Å². The number of carboxylic acid groups (broad SMARTS) is 1. The van der Waals surface area contributed by atoms with Crippen molar-refractivity contribution >= 4 is 17.0 Å². The fraction of sp³-hybridized carbons (Fsp3) is 0.182. The van der Waals surface area contributed by atoms with Crippen molar-refractivity contribution in [3.8, 4) is 0 Å². The molecule has 17 heavy (non-hydrogen) atoms. The Morgan fingerprint density at radius 2 is 2.24 bits per heavy atom. The lowest BCUT2D eigenvalue weighted by Gasteiger charge is -2.05. The zero-order valence-corrected chi connectivity index (χ0v) is 8.95. The van der Waals surface area contributed by atoms with Gasteiger partial charge in [0.25, 0.3) is 5.56 Å². The van der Waals surface area contributed by atoms with E-state index in [-0.39, 0.29) is 11.1 Å². The van der Waals surface area contributed by atoms with Gasteiger partial charge in [0, 0.05) is 5.56 Å². The molecule has 0 bridgehead atoms. The van der Waals surface area contributed by atoms with Crippen LogP contribution in [0.5, 0.6) is 0 Å². The highest BCUT2D eigenvalue weighted by Crippen LogP contribution is 2.15. The first-order chi connectivity index (χ1) is 7.99. The number of pyridine rings is 2. The molecule has 2 N–H and O–H groups in total. The monoisotopic (exact) mass is 236 g/mol. The molecule has 0 spiro atoms. The molecule has 0 radical (unpaired) electrons. The van der Waals surface area contributed by atoms with Crippen LogP contribution in [0.25, 0.3) is 11.0 Å². The van der Waals surface area contributed by atoms with Gasteiger partial charge in [0.15, 0.2) is 0 Å². The summed E-state index contributed by atoms with van der Waals surface area (Å²) in [7, 11) is 0. The number of aromatic amines is 1. The van der Waals surface area contributed by atoms with Gasteiger partial charge >= 0.3 is 5.97 Å². The number of H-pyrrole nitrogens is 1. The zero-order valence-electron chi connectivity index (χ0n) is 8.95. The number of hydrogen-bond acceptors (Lipinski definition) is 3. The fourth-order valence-electron chi connectivity index (χ4n) is 1.70. The van der Waals surface area contributed by atoms with E-state index in [2.05, 4.69) is 9.97 Å². The molecule has 0 amide bonds. The molecule has 0 aliphatic rings. The van der Waals surface area contributed by atoms with Gasteiger partial charge in [0.2, 0.25) is 5.95 Å². The van der Waals surface area contributed by atoms with Crippen LogP contribution in [0.1, 0.15) is 11.1 Å². The highest BCUT2D eigenvalue weighted by atomic mass is 19.1. The Labute approximate surface area is 94.9 Å². The average Bonchev–Trinajstić information content (AvgIpc) is 2.25. The number of halogens is 1. The van der Waals surface area contributed by atoms with Crippen molar-refractivity contribution in [3.05, 3.63) is 39.6 Å². The number of rotatable bonds is 2. The summed E-state index contributed by atoms with van der Waals surface area (Å²) in [6.07, 6.45) is -0.407. The van der Waals surface area contributed by atoms with Gasteiger partial charge < -0.3 is 10.1 Å². The van der Waals surface area contributed by atoms with Crippen LogP contribution in [-0.2, 0) is 11.2 Å². The molecule has 0 aromatic carbocycles. The molecule has 0 atom stereocenters. The summed E-state index contributed by atoms with van der Waals surface area (Å²) in [6.45, 7) is 1.56. The summed E-state index contributed by atoms with van der Waals surface area (Å²) in [6, 6.07) is 2.53. The molecule has 2 rings (SSSR count). The van der Waals surface area contributed by atoms with Crippen molar-refractivity contribution in [2.75, 3.05) is 0 Å². The Hall–Kier alpha value is -2.24. The van der Waals surface area contributed by atoms with Crippen molar-refractivity contribution in [2.24, 2.45) is 0 Å². The van der Waals surface area contributed by atoms with E-state index in [9.17, 15) is 14.0 Å². The molecule has 0 saturated carbocycles. The van der Waals surface area contributed by atoms with Gasteiger partial charge in [-0.15, -0.1) is 0 Å². The van der Waals surface area contributed by atoms with E-state index < -0.39 is 23.9 Å². The first-order valence-electron chi connectivity index (χ1n) is 4.89. The third kappa shape index (κ3) is 2.01. The Kier molecular flexibility index (Phi) is 2.63. The van der Waals surface area contributed by atoms with E-state index in [0.29, 0.717) is 11.1 Å². The highest BCUT2D eigenvalue weighted by molar-refractivity contribution is 5.80. The molecule has 88 valence electrons. The van der Waals surface area contributed by atoms with E-state index in [1.165, 1.54) is 6.07 Å². The van der Waals surface area contributed by atoms with Crippen LogP contribution in [0.2, 0.25) is 0 Å². The summed E-state index contributed by atoms with van der Waals surface area (Å²) in [5.41, 5.74) is 0.684. The standard InChI is InChI=1S/C11H9FN2O3/c1-5-6(4-9(15)16)11(17)13-7-2-3-8(12)14-10(5)7/h2-3H,4H2,1H3,(H,13,17)(H,15,16). The minimum absolute atomic E-state index is 0.100. The lowest BCUT2D eigenvalue weighted by Crippen LogP contribution is -2.18. The SMILES string of the molecule is Cc1c(CC(=O)O)c(=O)[nH]c2ccc(F)nc12. The number of aromatic nitrogens is 2. The summed E-state index contributed by atoms with van der Waals surface area (Å²) >= 11 is 0. The summed E-state index contributed by atoms with van der Waals surface area (Å²) < 4.78 is 13.0. The number of nitrogens with one attached hydrogen (secondary N) is 1. The number of fused-ring (bicyclic) bond motifs is 1. The molecule has 0 aliphatic carbocycles.